The molecule has 18 heavy (non-hydrogen) atoms. The lowest BCUT2D eigenvalue weighted by Gasteiger charge is -2.05. The van der Waals surface area contributed by atoms with Gasteiger partial charge in [-0.2, -0.15) is 4.91 Å². The van der Waals surface area contributed by atoms with E-state index in [1.807, 2.05) is 0 Å². The summed E-state index contributed by atoms with van der Waals surface area (Å²) in [5.74, 6) is 0.207. The van der Waals surface area contributed by atoms with Crippen molar-refractivity contribution < 1.29 is 4.74 Å². The van der Waals surface area contributed by atoms with Gasteiger partial charge in [-0.15, -0.1) is 4.91 Å². The van der Waals surface area contributed by atoms with E-state index in [0.717, 1.165) is 0 Å². The second-order valence-corrected chi connectivity index (χ2v) is 3.04. The highest BCUT2D eigenvalue weighted by molar-refractivity contribution is 5.60. The number of azide groups is 1. The summed E-state index contributed by atoms with van der Waals surface area (Å²) in [6.45, 7) is -0.176. The molecule has 0 aliphatic heterocycles. The van der Waals surface area contributed by atoms with Gasteiger partial charge in [-0.25, -0.2) is 0 Å². The molecule has 0 unspecified atom stereocenters. The van der Waals surface area contributed by atoms with Gasteiger partial charge in [0.2, 0.25) is 0 Å². The minimum Gasteiger partial charge on any atom is -0.485 e. The van der Waals surface area contributed by atoms with Crippen LogP contribution in [-0.4, -0.2) is 13.3 Å². The molecule has 0 fully saturated rings. The van der Waals surface area contributed by atoms with E-state index in [1.54, 1.807) is 24.3 Å². The molecule has 0 saturated heterocycles. The van der Waals surface area contributed by atoms with E-state index in [2.05, 4.69) is 20.4 Å². The average molecular weight is 247 g/mol. The van der Waals surface area contributed by atoms with E-state index >= 15 is 0 Å². The third kappa shape index (κ3) is 4.03. The molecule has 0 aliphatic rings. The summed E-state index contributed by atoms with van der Waals surface area (Å²) in [6.07, 6.45) is 3.21. The maximum absolute atomic E-state index is 10.5. The lowest BCUT2D eigenvalue weighted by Crippen LogP contribution is -1.93. The van der Waals surface area contributed by atoms with Gasteiger partial charge in [0.25, 0.3) is 0 Å². The number of hydrogen-bond acceptors (Lipinski definition) is 6. The van der Waals surface area contributed by atoms with E-state index in [9.17, 15) is 9.81 Å². The van der Waals surface area contributed by atoms with Gasteiger partial charge >= 0.3 is 0 Å². The van der Waals surface area contributed by atoms with Gasteiger partial charge in [0, 0.05) is 4.91 Å². The minimum atomic E-state index is -0.234. The number of ether oxygens (including phenoxy) is 1. The summed E-state index contributed by atoms with van der Waals surface area (Å²) in [5.41, 5.74) is 8.93. The van der Waals surface area contributed by atoms with Crippen LogP contribution in [-0.2, 0) is 0 Å². The zero-order valence-corrected chi connectivity index (χ0v) is 9.26. The lowest BCUT2D eigenvalue weighted by atomic mass is 10.2. The summed E-state index contributed by atoms with van der Waals surface area (Å²) in [4.78, 5) is 23.0. The summed E-state index contributed by atoms with van der Waals surface area (Å²) in [7, 11) is 0. The van der Waals surface area contributed by atoms with Crippen LogP contribution in [0.3, 0.4) is 0 Å². The highest BCUT2D eigenvalue weighted by Gasteiger charge is 2.04. The first-order valence-electron chi connectivity index (χ1n) is 4.88. The van der Waals surface area contributed by atoms with Crippen molar-refractivity contribution in [3.8, 4) is 5.75 Å². The first-order valence-corrected chi connectivity index (χ1v) is 4.88. The SMILES string of the molecule is [N-]=[N+]=NCOc1cc(/C=C/CN=O)ccc1N=O. The van der Waals surface area contributed by atoms with Crippen molar-refractivity contribution in [3.05, 3.63) is 50.1 Å². The topological polar surface area (TPSA) is 117 Å². The zero-order chi connectivity index (χ0) is 13.2. The smallest absolute Gasteiger partial charge is 0.167 e. The van der Waals surface area contributed by atoms with Gasteiger partial charge in [0.1, 0.15) is 11.4 Å². The molecule has 0 bridgehead atoms. The third-order valence-corrected chi connectivity index (χ3v) is 1.91. The minimum absolute atomic E-state index is 0.0581. The summed E-state index contributed by atoms with van der Waals surface area (Å²) in [6, 6.07) is 4.65. The van der Waals surface area contributed by atoms with Crippen LogP contribution in [0.4, 0.5) is 5.69 Å². The molecular formula is C10H9N5O3. The number of nitrogens with zero attached hydrogens (tertiary/aromatic N) is 5. The molecule has 0 spiro atoms. The first-order chi connectivity index (χ1) is 8.81. The van der Waals surface area contributed by atoms with Crippen molar-refractivity contribution in [2.45, 2.75) is 0 Å². The molecule has 0 saturated carbocycles. The van der Waals surface area contributed by atoms with E-state index in [4.69, 9.17) is 10.3 Å². The molecule has 1 aromatic rings. The summed E-state index contributed by atoms with van der Waals surface area (Å²) in [5, 5.41) is 8.65. The Morgan fingerprint density at radius 3 is 2.89 bits per heavy atom. The van der Waals surface area contributed by atoms with Gasteiger partial charge in [0.05, 0.1) is 6.54 Å². The van der Waals surface area contributed by atoms with Gasteiger partial charge in [0.15, 0.2) is 6.73 Å². The second kappa shape index (κ2) is 7.53. The van der Waals surface area contributed by atoms with E-state index in [1.165, 1.54) is 6.07 Å². The van der Waals surface area contributed by atoms with Gasteiger partial charge < -0.3 is 4.74 Å². The first kappa shape index (κ1) is 13.3. The number of hydrogen-bond donors (Lipinski definition) is 0. The molecule has 1 aromatic carbocycles. The van der Waals surface area contributed by atoms with Crippen molar-refractivity contribution in [3.63, 3.8) is 0 Å². The van der Waals surface area contributed by atoms with Crippen LogP contribution < -0.4 is 4.74 Å². The molecule has 8 heteroatoms. The van der Waals surface area contributed by atoms with Gasteiger partial charge in [-0.3, -0.25) is 0 Å². The fourth-order valence-corrected chi connectivity index (χ4v) is 1.18. The third-order valence-electron chi connectivity index (χ3n) is 1.91. The highest BCUT2D eigenvalue weighted by Crippen LogP contribution is 2.28. The maximum Gasteiger partial charge on any atom is 0.167 e. The second-order valence-electron chi connectivity index (χ2n) is 3.04. The lowest BCUT2D eigenvalue weighted by molar-refractivity contribution is 0.330. The van der Waals surface area contributed by atoms with Crippen LogP contribution >= 0.6 is 0 Å². The zero-order valence-electron chi connectivity index (χ0n) is 9.26. The molecule has 1 rings (SSSR count). The van der Waals surface area contributed by atoms with Crippen molar-refractivity contribution >= 4 is 11.8 Å². The Hall–Kier alpha value is -2.73. The molecule has 0 amide bonds. The molecular weight excluding hydrogens is 238 g/mol. The van der Waals surface area contributed by atoms with Crippen molar-refractivity contribution in [2.24, 2.45) is 15.5 Å². The van der Waals surface area contributed by atoms with Gasteiger partial charge in [-0.1, -0.05) is 28.5 Å². The Bertz CT molecular complexity index is 508. The summed E-state index contributed by atoms with van der Waals surface area (Å²) < 4.78 is 5.08. The number of nitroso groups, excluding NO2 is 2. The monoisotopic (exact) mass is 247 g/mol. The fourth-order valence-electron chi connectivity index (χ4n) is 1.18. The van der Waals surface area contributed by atoms with E-state index < -0.39 is 0 Å². The molecule has 0 N–H and O–H groups in total. The van der Waals surface area contributed by atoms with Crippen LogP contribution in [0.1, 0.15) is 5.56 Å². The van der Waals surface area contributed by atoms with Crippen LogP contribution in [0.25, 0.3) is 16.5 Å². The van der Waals surface area contributed by atoms with Crippen LogP contribution in [0.2, 0.25) is 0 Å². The van der Waals surface area contributed by atoms with Crippen LogP contribution in [0.5, 0.6) is 5.75 Å². The normalized spacial score (nSPS) is 9.78. The molecule has 8 nitrogen and oxygen atoms in total. The Balaban J connectivity index is 2.89. The fraction of sp³-hybridized carbons (Fsp3) is 0.200. The van der Waals surface area contributed by atoms with E-state index in [0.29, 0.717) is 5.56 Å². The summed E-state index contributed by atoms with van der Waals surface area (Å²) >= 11 is 0. The predicted molar refractivity (Wildman–Crippen MR) is 66.2 cm³/mol. The van der Waals surface area contributed by atoms with Crippen LogP contribution in [0, 0.1) is 9.81 Å². The maximum atomic E-state index is 10.5. The molecule has 0 aromatic heterocycles. The molecule has 0 atom stereocenters. The standard InChI is InChI=1S/C10H9N5O3/c11-15-12-7-18-10-6-8(2-1-5-13-16)3-4-9(10)14-17/h1-4,6H,5,7H2/b2-1+. The number of benzene rings is 1. The Labute approximate surface area is 102 Å². The van der Waals surface area contributed by atoms with E-state index in [-0.39, 0.29) is 24.7 Å². The Kier molecular flexibility index (Phi) is 5.58. The molecule has 0 heterocycles. The van der Waals surface area contributed by atoms with Crippen LogP contribution in [0.15, 0.2) is 39.7 Å². The van der Waals surface area contributed by atoms with Crippen molar-refractivity contribution in [1.29, 1.82) is 0 Å². The quantitative estimate of drug-likeness (QED) is 0.317. The van der Waals surface area contributed by atoms with Crippen molar-refractivity contribution in [1.82, 2.24) is 0 Å². The molecule has 0 radical (unpaired) electrons. The Morgan fingerprint density at radius 2 is 2.22 bits per heavy atom. The molecule has 92 valence electrons. The average Bonchev–Trinajstić information content (AvgIpc) is 2.40. The van der Waals surface area contributed by atoms with Gasteiger partial charge in [-0.05, 0) is 28.4 Å². The highest BCUT2D eigenvalue weighted by atomic mass is 16.5. The molecule has 0 aliphatic carbocycles. The largest absolute Gasteiger partial charge is 0.485 e. The number of rotatable bonds is 7. The predicted octanol–water partition coefficient (Wildman–Crippen LogP) is 3.51. The Morgan fingerprint density at radius 1 is 1.39 bits per heavy atom. The van der Waals surface area contributed by atoms with Crippen molar-refractivity contribution in [2.75, 3.05) is 13.3 Å².